The van der Waals surface area contributed by atoms with Crippen molar-refractivity contribution < 1.29 is 9.66 Å². The van der Waals surface area contributed by atoms with Crippen molar-refractivity contribution in [1.82, 2.24) is 9.78 Å². The van der Waals surface area contributed by atoms with Crippen molar-refractivity contribution in [2.24, 2.45) is 5.73 Å². The minimum atomic E-state index is -0.779. The van der Waals surface area contributed by atoms with Crippen LogP contribution in [0.1, 0.15) is 22.7 Å². The molecule has 1 atom stereocenters. The summed E-state index contributed by atoms with van der Waals surface area (Å²) in [5.74, 6) is -0.612. The van der Waals surface area contributed by atoms with Gasteiger partial charge in [-0.2, -0.15) is 10.4 Å². The van der Waals surface area contributed by atoms with Crippen LogP contribution in [-0.2, 0) is 0 Å². The summed E-state index contributed by atoms with van der Waals surface area (Å²) < 4.78 is 7.29. The standard InChI is InChI=1S/C20H13Cl2N5O3/c1-10-17-18(14-8-13(27(28)29)5-6-16(14)22)15(9-23)19(24)30-20(17)26(25-10)12-4-2-3-11(21)7-12/h2-8,18H,24H2,1H3. The number of nitrogens with two attached hydrogens (primary N) is 1. The number of nitrogens with zero attached hydrogens (tertiary/aromatic N) is 4. The van der Waals surface area contributed by atoms with E-state index in [-0.39, 0.29) is 22.2 Å². The van der Waals surface area contributed by atoms with Gasteiger partial charge in [0.1, 0.15) is 11.6 Å². The Balaban J connectivity index is 1.99. The van der Waals surface area contributed by atoms with Gasteiger partial charge in [-0.05, 0) is 36.8 Å². The van der Waals surface area contributed by atoms with E-state index in [0.717, 1.165) is 0 Å². The fraction of sp³-hybridized carbons (Fsp3) is 0.100. The predicted molar refractivity (Wildman–Crippen MR) is 111 cm³/mol. The molecule has 1 unspecified atom stereocenters. The molecule has 4 rings (SSSR count). The number of hydrogen-bond acceptors (Lipinski definition) is 6. The molecule has 2 heterocycles. The van der Waals surface area contributed by atoms with Crippen molar-refractivity contribution >= 4 is 28.9 Å². The van der Waals surface area contributed by atoms with Gasteiger partial charge in [0.05, 0.1) is 27.8 Å². The summed E-state index contributed by atoms with van der Waals surface area (Å²) in [6.07, 6.45) is 0. The van der Waals surface area contributed by atoms with Gasteiger partial charge in [-0.25, -0.2) is 4.68 Å². The first-order valence-corrected chi connectivity index (χ1v) is 9.44. The highest BCUT2D eigenvalue weighted by atomic mass is 35.5. The van der Waals surface area contributed by atoms with Crippen molar-refractivity contribution in [3.8, 4) is 17.6 Å². The lowest BCUT2D eigenvalue weighted by atomic mass is 9.84. The highest BCUT2D eigenvalue weighted by Gasteiger charge is 2.37. The topological polar surface area (TPSA) is 120 Å². The number of rotatable bonds is 3. The molecule has 2 aromatic carbocycles. The number of nitro benzene ring substituents is 1. The van der Waals surface area contributed by atoms with E-state index in [1.54, 1.807) is 31.2 Å². The minimum Gasteiger partial charge on any atom is -0.422 e. The number of fused-ring (bicyclic) bond motifs is 1. The van der Waals surface area contributed by atoms with Crippen LogP contribution in [-0.4, -0.2) is 14.7 Å². The second-order valence-electron chi connectivity index (χ2n) is 6.58. The third kappa shape index (κ3) is 3.14. The first-order valence-electron chi connectivity index (χ1n) is 8.68. The first-order chi connectivity index (χ1) is 14.3. The van der Waals surface area contributed by atoms with Crippen LogP contribution in [0.5, 0.6) is 5.88 Å². The molecular weight excluding hydrogens is 429 g/mol. The van der Waals surface area contributed by atoms with Crippen LogP contribution in [0.25, 0.3) is 5.69 Å². The van der Waals surface area contributed by atoms with E-state index in [2.05, 4.69) is 5.10 Å². The fourth-order valence-corrected chi connectivity index (χ4v) is 3.89. The minimum absolute atomic E-state index is 0.0960. The molecule has 8 nitrogen and oxygen atoms in total. The molecule has 0 amide bonds. The van der Waals surface area contributed by atoms with Gasteiger partial charge in [0, 0.05) is 22.2 Å². The largest absolute Gasteiger partial charge is 0.422 e. The molecule has 1 aliphatic heterocycles. The second kappa shape index (κ2) is 7.37. The average Bonchev–Trinajstić information content (AvgIpc) is 3.03. The van der Waals surface area contributed by atoms with Crippen molar-refractivity contribution in [3.63, 3.8) is 0 Å². The quantitative estimate of drug-likeness (QED) is 0.467. The van der Waals surface area contributed by atoms with Gasteiger partial charge in [-0.3, -0.25) is 10.1 Å². The molecule has 0 fully saturated rings. The van der Waals surface area contributed by atoms with Crippen LogP contribution in [0.4, 0.5) is 5.69 Å². The van der Waals surface area contributed by atoms with Crippen molar-refractivity contribution in [1.29, 1.82) is 5.26 Å². The number of nitro groups is 1. The van der Waals surface area contributed by atoms with Crippen molar-refractivity contribution in [3.05, 3.63) is 90.9 Å². The molecule has 0 radical (unpaired) electrons. The van der Waals surface area contributed by atoms with Gasteiger partial charge in [0.25, 0.3) is 5.69 Å². The molecule has 0 aliphatic carbocycles. The predicted octanol–water partition coefficient (Wildman–Crippen LogP) is 4.61. The molecule has 2 N–H and O–H groups in total. The van der Waals surface area contributed by atoms with E-state index in [9.17, 15) is 15.4 Å². The Labute approximate surface area is 180 Å². The van der Waals surface area contributed by atoms with E-state index >= 15 is 0 Å². The molecule has 150 valence electrons. The molecule has 10 heteroatoms. The molecule has 1 aromatic heterocycles. The summed E-state index contributed by atoms with van der Waals surface area (Å²) in [4.78, 5) is 10.8. The van der Waals surface area contributed by atoms with Crippen LogP contribution in [0.15, 0.2) is 53.9 Å². The summed E-state index contributed by atoms with van der Waals surface area (Å²) in [6, 6.07) is 13.1. The SMILES string of the molecule is Cc1nn(-c2cccc(Cl)c2)c2c1C(c1cc([N+](=O)[O-])ccc1Cl)C(C#N)=C(N)O2. The Kier molecular flexibility index (Phi) is 4.86. The first kappa shape index (κ1) is 19.8. The number of halogens is 2. The Morgan fingerprint density at radius 2 is 2.07 bits per heavy atom. The van der Waals surface area contributed by atoms with Crippen LogP contribution in [0.3, 0.4) is 0 Å². The average molecular weight is 442 g/mol. The summed E-state index contributed by atoms with van der Waals surface area (Å²) in [6.45, 7) is 1.75. The summed E-state index contributed by atoms with van der Waals surface area (Å²) in [5.41, 5.74) is 8.09. The smallest absolute Gasteiger partial charge is 0.269 e. The lowest BCUT2D eigenvalue weighted by Gasteiger charge is -2.25. The summed E-state index contributed by atoms with van der Waals surface area (Å²) in [5, 5.41) is 26.3. The van der Waals surface area contributed by atoms with Crippen LogP contribution in [0, 0.1) is 28.4 Å². The zero-order chi connectivity index (χ0) is 21.6. The normalized spacial score (nSPS) is 15.3. The Morgan fingerprint density at radius 1 is 1.30 bits per heavy atom. The number of aryl methyl sites for hydroxylation is 1. The molecule has 0 saturated carbocycles. The zero-order valence-electron chi connectivity index (χ0n) is 15.5. The molecule has 0 saturated heterocycles. The number of non-ortho nitro benzene ring substituents is 1. The molecule has 3 aromatic rings. The van der Waals surface area contributed by atoms with Crippen LogP contribution in [0.2, 0.25) is 10.0 Å². The maximum Gasteiger partial charge on any atom is 0.269 e. The van der Waals surface area contributed by atoms with E-state index in [1.165, 1.54) is 22.9 Å². The number of hydrogen-bond donors (Lipinski definition) is 1. The van der Waals surface area contributed by atoms with Gasteiger partial charge in [0.2, 0.25) is 11.8 Å². The molecule has 1 aliphatic rings. The fourth-order valence-electron chi connectivity index (χ4n) is 3.47. The molecular formula is C20H13Cl2N5O3. The van der Waals surface area contributed by atoms with Crippen LogP contribution < -0.4 is 10.5 Å². The zero-order valence-corrected chi connectivity index (χ0v) is 17.0. The molecule has 30 heavy (non-hydrogen) atoms. The van der Waals surface area contributed by atoms with E-state index in [1.807, 2.05) is 6.07 Å². The highest BCUT2D eigenvalue weighted by molar-refractivity contribution is 6.31. The number of aromatic nitrogens is 2. The molecule has 0 spiro atoms. The lowest BCUT2D eigenvalue weighted by Crippen LogP contribution is -2.22. The van der Waals surface area contributed by atoms with Crippen LogP contribution >= 0.6 is 23.2 Å². The van der Waals surface area contributed by atoms with Gasteiger partial charge in [0.15, 0.2) is 0 Å². The van der Waals surface area contributed by atoms with Crippen molar-refractivity contribution in [2.75, 3.05) is 0 Å². The lowest BCUT2D eigenvalue weighted by molar-refractivity contribution is -0.384. The molecule has 0 bridgehead atoms. The van der Waals surface area contributed by atoms with Gasteiger partial charge >= 0.3 is 0 Å². The summed E-state index contributed by atoms with van der Waals surface area (Å²) >= 11 is 12.5. The number of ether oxygens (including phenoxy) is 1. The third-order valence-corrected chi connectivity index (χ3v) is 5.37. The Hall–Kier alpha value is -3.54. The van der Waals surface area contributed by atoms with Gasteiger partial charge < -0.3 is 10.5 Å². The van der Waals surface area contributed by atoms with Gasteiger partial charge in [-0.1, -0.05) is 29.3 Å². The Bertz CT molecular complexity index is 1280. The maximum atomic E-state index is 11.3. The maximum absolute atomic E-state index is 11.3. The summed E-state index contributed by atoms with van der Waals surface area (Å²) in [7, 11) is 0. The number of allylic oxidation sites excluding steroid dienone is 1. The van der Waals surface area contributed by atoms with E-state index in [0.29, 0.717) is 33.4 Å². The van der Waals surface area contributed by atoms with Gasteiger partial charge in [-0.15, -0.1) is 0 Å². The van der Waals surface area contributed by atoms with E-state index in [4.69, 9.17) is 33.7 Å². The number of nitriles is 1. The van der Waals surface area contributed by atoms with E-state index < -0.39 is 10.8 Å². The number of benzene rings is 2. The second-order valence-corrected chi connectivity index (χ2v) is 7.43. The van der Waals surface area contributed by atoms with Crippen molar-refractivity contribution in [2.45, 2.75) is 12.8 Å². The Morgan fingerprint density at radius 3 is 2.73 bits per heavy atom. The highest BCUT2D eigenvalue weighted by Crippen LogP contribution is 2.47. The third-order valence-electron chi connectivity index (χ3n) is 4.79. The monoisotopic (exact) mass is 441 g/mol.